The second kappa shape index (κ2) is 5.88. The first-order valence-electron chi connectivity index (χ1n) is 4.82. The number of ether oxygens (including phenoxy) is 1. The van der Waals surface area contributed by atoms with Crippen molar-refractivity contribution >= 4 is 39.2 Å². The second-order valence-corrected chi connectivity index (χ2v) is 6.06. The van der Waals surface area contributed by atoms with Gasteiger partial charge in [-0.3, -0.25) is 4.79 Å². The molecule has 0 fully saturated rings. The van der Waals surface area contributed by atoms with Crippen molar-refractivity contribution in [3.63, 3.8) is 0 Å². The Balaban J connectivity index is 3.03. The average molecular weight is 312 g/mol. The van der Waals surface area contributed by atoms with Crippen LogP contribution in [0.2, 0.25) is 10.0 Å². The van der Waals surface area contributed by atoms with Crippen LogP contribution in [0.25, 0.3) is 0 Å². The number of benzene rings is 1. The maximum atomic E-state index is 11.9. The minimum absolute atomic E-state index is 0.115. The van der Waals surface area contributed by atoms with Crippen LogP contribution in [0.15, 0.2) is 23.1 Å². The molecule has 0 heterocycles. The first-order valence-corrected chi connectivity index (χ1v) is 7.06. The number of sulfonamides is 1. The fraction of sp³-hybridized carbons (Fsp3) is 0.300. The minimum atomic E-state index is -3.88. The maximum Gasteiger partial charge on any atom is 0.323 e. The van der Waals surface area contributed by atoms with E-state index in [4.69, 9.17) is 23.2 Å². The summed E-state index contributed by atoms with van der Waals surface area (Å²) in [6.07, 6.45) is 0. The quantitative estimate of drug-likeness (QED) is 0.861. The molecular weight excluding hydrogens is 301 g/mol. The van der Waals surface area contributed by atoms with Crippen LogP contribution in [-0.2, 0) is 19.6 Å². The van der Waals surface area contributed by atoms with Crippen molar-refractivity contribution in [3.8, 4) is 0 Å². The topological polar surface area (TPSA) is 72.5 Å². The Morgan fingerprint density at radius 3 is 2.22 bits per heavy atom. The van der Waals surface area contributed by atoms with E-state index in [-0.39, 0.29) is 14.9 Å². The third-order valence-corrected chi connectivity index (χ3v) is 3.99. The van der Waals surface area contributed by atoms with Gasteiger partial charge in [-0.1, -0.05) is 23.2 Å². The van der Waals surface area contributed by atoms with Gasteiger partial charge in [-0.05, 0) is 25.1 Å². The highest BCUT2D eigenvalue weighted by Crippen LogP contribution is 2.22. The zero-order valence-corrected chi connectivity index (χ0v) is 11.9. The van der Waals surface area contributed by atoms with Gasteiger partial charge in [0.25, 0.3) is 0 Å². The average Bonchev–Trinajstić information content (AvgIpc) is 2.26. The Morgan fingerprint density at radius 2 is 1.78 bits per heavy atom. The lowest BCUT2D eigenvalue weighted by molar-refractivity contribution is -0.142. The highest BCUT2D eigenvalue weighted by molar-refractivity contribution is 7.89. The van der Waals surface area contributed by atoms with Gasteiger partial charge in [-0.25, -0.2) is 8.42 Å². The number of carbonyl (C=O) groups is 1. The van der Waals surface area contributed by atoms with E-state index in [0.29, 0.717) is 0 Å². The van der Waals surface area contributed by atoms with E-state index in [1.54, 1.807) is 0 Å². The van der Waals surface area contributed by atoms with Gasteiger partial charge in [0.15, 0.2) is 0 Å². The SMILES string of the molecule is COC(=O)C(C)NS(=O)(=O)c1cc(Cl)cc(Cl)c1. The highest BCUT2D eigenvalue weighted by atomic mass is 35.5. The van der Waals surface area contributed by atoms with E-state index in [2.05, 4.69) is 9.46 Å². The molecule has 1 aromatic carbocycles. The number of hydrogen-bond acceptors (Lipinski definition) is 4. The van der Waals surface area contributed by atoms with Crippen molar-refractivity contribution in [2.75, 3.05) is 7.11 Å². The van der Waals surface area contributed by atoms with Crippen molar-refractivity contribution in [1.82, 2.24) is 4.72 Å². The molecule has 0 aliphatic carbocycles. The lowest BCUT2D eigenvalue weighted by atomic mass is 10.4. The van der Waals surface area contributed by atoms with Crippen LogP contribution in [0.1, 0.15) is 6.92 Å². The molecule has 1 atom stereocenters. The second-order valence-electron chi connectivity index (χ2n) is 3.47. The smallest absolute Gasteiger partial charge is 0.323 e. The maximum absolute atomic E-state index is 11.9. The van der Waals surface area contributed by atoms with Crippen LogP contribution >= 0.6 is 23.2 Å². The summed E-state index contributed by atoms with van der Waals surface area (Å²) in [4.78, 5) is 11.0. The lowest BCUT2D eigenvalue weighted by Gasteiger charge is -2.12. The number of hydrogen-bond donors (Lipinski definition) is 1. The van der Waals surface area contributed by atoms with E-state index in [0.717, 1.165) is 0 Å². The molecule has 0 saturated carbocycles. The summed E-state index contributed by atoms with van der Waals surface area (Å²) in [5.41, 5.74) is 0. The third-order valence-electron chi connectivity index (χ3n) is 2.03. The zero-order chi connectivity index (χ0) is 13.9. The molecule has 18 heavy (non-hydrogen) atoms. The number of nitrogens with one attached hydrogen (secondary N) is 1. The molecule has 0 amide bonds. The van der Waals surface area contributed by atoms with E-state index < -0.39 is 22.0 Å². The van der Waals surface area contributed by atoms with Gasteiger partial charge in [0.05, 0.1) is 12.0 Å². The molecule has 5 nitrogen and oxygen atoms in total. The number of halogens is 2. The number of rotatable bonds is 4. The van der Waals surface area contributed by atoms with Gasteiger partial charge >= 0.3 is 5.97 Å². The van der Waals surface area contributed by atoms with E-state index >= 15 is 0 Å². The molecule has 0 aliphatic heterocycles. The van der Waals surface area contributed by atoms with Crippen LogP contribution < -0.4 is 4.72 Å². The van der Waals surface area contributed by atoms with Gasteiger partial charge in [0.2, 0.25) is 10.0 Å². The van der Waals surface area contributed by atoms with Crippen LogP contribution in [0, 0.1) is 0 Å². The van der Waals surface area contributed by atoms with Gasteiger partial charge in [-0.2, -0.15) is 4.72 Å². The first kappa shape index (κ1) is 15.2. The third kappa shape index (κ3) is 3.84. The van der Waals surface area contributed by atoms with Crippen LogP contribution in [0.3, 0.4) is 0 Å². The van der Waals surface area contributed by atoms with Gasteiger partial charge in [0, 0.05) is 10.0 Å². The first-order chi connectivity index (χ1) is 8.26. The summed E-state index contributed by atoms with van der Waals surface area (Å²) in [7, 11) is -2.71. The largest absolute Gasteiger partial charge is 0.468 e. The molecular formula is C10H11Cl2NO4S. The Labute approximate surface area is 115 Å². The summed E-state index contributed by atoms with van der Waals surface area (Å²) in [6, 6.07) is 2.88. The molecule has 0 radical (unpaired) electrons. The Kier molecular flexibility index (Phi) is 4.98. The van der Waals surface area contributed by atoms with E-state index in [9.17, 15) is 13.2 Å². The summed E-state index contributed by atoms with van der Waals surface area (Å²) in [5.74, 6) is -0.688. The van der Waals surface area contributed by atoms with E-state index in [1.807, 2.05) is 0 Å². The lowest BCUT2D eigenvalue weighted by Crippen LogP contribution is -2.39. The fourth-order valence-corrected chi connectivity index (χ4v) is 3.13. The normalized spacial score (nSPS) is 13.1. The molecule has 0 aliphatic rings. The number of carbonyl (C=O) groups excluding carboxylic acids is 1. The molecule has 0 bridgehead atoms. The Morgan fingerprint density at radius 1 is 1.28 bits per heavy atom. The molecule has 0 spiro atoms. The summed E-state index contributed by atoms with van der Waals surface area (Å²) in [6.45, 7) is 1.37. The number of esters is 1. The van der Waals surface area contributed by atoms with Crippen molar-refractivity contribution in [1.29, 1.82) is 0 Å². The minimum Gasteiger partial charge on any atom is -0.468 e. The van der Waals surface area contributed by atoms with Gasteiger partial charge in [-0.15, -0.1) is 0 Å². The van der Waals surface area contributed by atoms with E-state index in [1.165, 1.54) is 32.2 Å². The molecule has 1 rings (SSSR count). The van der Waals surface area contributed by atoms with Crippen molar-refractivity contribution in [2.45, 2.75) is 17.9 Å². The molecule has 0 aromatic heterocycles. The molecule has 0 saturated heterocycles. The molecule has 100 valence electrons. The zero-order valence-electron chi connectivity index (χ0n) is 9.61. The van der Waals surface area contributed by atoms with Crippen LogP contribution in [0.5, 0.6) is 0 Å². The fourth-order valence-electron chi connectivity index (χ4n) is 1.21. The van der Waals surface area contributed by atoms with Crippen LogP contribution in [0.4, 0.5) is 0 Å². The van der Waals surface area contributed by atoms with Crippen molar-refractivity contribution in [3.05, 3.63) is 28.2 Å². The standard InChI is InChI=1S/C10H11Cl2NO4S/c1-6(10(14)17-2)13-18(15,16)9-4-7(11)3-8(12)5-9/h3-6,13H,1-2H3. The predicted molar refractivity (Wildman–Crippen MR) is 68.3 cm³/mol. The van der Waals surface area contributed by atoms with Crippen molar-refractivity contribution < 1.29 is 17.9 Å². The van der Waals surface area contributed by atoms with Gasteiger partial charge < -0.3 is 4.74 Å². The Hall–Kier alpha value is -0.820. The van der Waals surface area contributed by atoms with Crippen LogP contribution in [-0.4, -0.2) is 27.5 Å². The monoisotopic (exact) mass is 311 g/mol. The summed E-state index contributed by atoms with van der Waals surface area (Å²) >= 11 is 11.4. The molecule has 1 N–H and O–H groups in total. The predicted octanol–water partition coefficient (Wildman–Crippen LogP) is 1.83. The van der Waals surface area contributed by atoms with Crippen molar-refractivity contribution in [2.24, 2.45) is 0 Å². The molecule has 8 heteroatoms. The number of methoxy groups -OCH3 is 1. The van der Waals surface area contributed by atoms with Gasteiger partial charge in [0.1, 0.15) is 6.04 Å². The summed E-state index contributed by atoms with van der Waals surface area (Å²) < 4.78 is 30.4. The Bertz CT molecular complexity index is 539. The molecule has 1 aromatic rings. The summed E-state index contributed by atoms with van der Waals surface area (Å²) in [5, 5.41) is 0.377. The molecule has 1 unspecified atom stereocenters. The highest BCUT2D eigenvalue weighted by Gasteiger charge is 2.23.